The lowest BCUT2D eigenvalue weighted by Gasteiger charge is -2.27. The fourth-order valence-electron chi connectivity index (χ4n) is 5.15. The predicted octanol–water partition coefficient (Wildman–Crippen LogP) is 4.62. The average Bonchev–Trinajstić information content (AvgIpc) is 3.08. The number of aliphatic hydroxyl groups excluding tert-OH is 2. The van der Waals surface area contributed by atoms with E-state index < -0.39 is 12.2 Å². The molecule has 0 aromatic heterocycles. The molecule has 1 aromatic rings. The number of Topliss-reactive ketones (excluding diaryl/α,β-unsaturated/α-hetero) is 1. The molecular weight excluding hydrogens is 392 g/mol. The van der Waals surface area contributed by atoms with Crippen molar-refractivity contribution in [1.29, 1.82) is 0 Å². The summed E-state index contributed by atoms with van der Waals surface area (Å²) in [5.41, 5.74) is 1.89. The third-order valence-corrected chi connectivity index (χ3v) is 6.97. The monoisotopic (exact) mass is 428 g/mol. The number of esters is 1. The van der Waals surface area contributed by atoms with Gasteiger partial charge in [-0.15, -0.1) is 0 Å². The summed E-state index contributed by atoms with van der Waals surface area (Å²) >= 11 is 0. The van der Waals surface area contributed by atoms with E-state index in [2.05, 4.69) is 4.74 Å². The molecule has 0 bridgehead atoms. The van der Waals surface area contributed by atoms with Crippen LogP contribution in [0.1, 0.15) is 87.4 Å². The van der Waals surface area contributed by atoms with Crippen LogP contribution < -0.4 is 0 Å². The zero-order chi connectivity index (χ0) is 22.2. The van der Waals surface area contributed by atoms with Gasteiger partial charge in [-0.05, 0) is 49.1 Å². The molecule has 1 aromatic carbocycles. The Morgan fingerprint density at radius 2 is 1.87 bits per heavy atom. The van der Waals surface area contributed by atoms with Crippen LogP contribution in [-0.4, -0.2) is 35.2 Å². The maximum Gasteiger partial charge on any atom is 0.305 e. The van der Waals surface area contributed by atoms with Gasteiger partial charge in [-0.2, -0.15) is 0 Å². The second-order valence-electron chi connectivity index (χ2n) is 9.06. The van der Waals surface area contributed by atoms with Crippen molar-refractivity contribution >= 4 is 11.8 Å². The van der Waals surface area contributed by atoms with Crippen molar-refractivity contribution in [1.82, 2.24) is 0 Å². The normalized spacial score (nSPS) is 25.8. The van der Waals surface area contributed by atoms with Crippen LogP contribution >= 0.6 is 0 Å². The van der Waals surface area contributed by atoms with Gasteiger partial charge < -0.3 is 14.9 Å². The summed E-state index contributed by atoms with van der Waals surface area (Å²) in [4.78, 5) is 23.7. The highest BCUT2D eigenvalue weighted by molar-refractivity contribution is 5.85. The van der Waals surface area contributed by atoms with Gasteiger partial charge in [-0.3, -0.25) is 9.59 Å². The molecule has 5 heteroatoms. The summed E-state index contributed by atoms with van der Waals surface area (Å²) in [5.74, 6) is -0.230. The second-order valence-corrected chi connectivity index (χ2v) is 9.06. The number of ether oxygens (including phenoxy) is 1. The topological polar surface area (TPSA) is 83.8 Å². The molecule has 2 N–H and O–H groups in total. The number of methoxy groups -OCH3 is 1. The van der Waals surface area contributed by atoms with Crippen LogP contribution in [0, 0.1) is 11.8 Å². The zero-order valence-corrected chi connectivity index (χ0v) is 18.5. The van der Waals surface area contributed by atoms with Crippen LogP contribution in [0.15, 0.2) is 36.4 Å². The minimum atomic E-state index is -0.667. The number of carbonyl (C=O) groups excluding carboxylic acids is 2. The Hall–Kier alpha value is -1.98. The van der Waals surface area contributed by atoms with E-state index >= 15 is 0 Å². The molecule has 31 heavy (non-hydrogen) atoms. The molecule has 0 amide bonds. The molecule has 2 aliphatic rings. The summed E-state index contributed by atoms with van der Waals surface area (Å²) in [7, 11) is 1.39. The van der Waals surface area contributed by atoms with Gasteiger partial charge in [0.05, 0.1) is 19.3 Å². The Morgan fingerprint density at radius 3 is 2.55 bits per heavy atom. The van der Waals surface area contributed by atoms with Gasteiger partial charge in [0, 0.05) is 24.7 Å². The van der Waals surface area contributed by atoms with Crippen LogP contribution in [0.2, 0.25) is 0 Å². The van der Waals surface area contributed by atoms with E-state index in [-0.39, 0.29) is 30.0 Å². The molecule has 0 saturated heterocycles. The molecule has 3 rings (SSSR count). The van der Waals surface area contributed by atoms with E-state index in [0.29, 0.717) is 18.8 Å². The first-order valence-electron chi connectivity index (χ1n) is 11.7. The first-order valence-corrected chi connectivity index (χ1v) is 11.7. The summed E-state index contributed by atoms with van der Waals surface area (Å²) in [6.07, 6.45) is 11.3. The van der Waals surface area contributed by atoms with Gasteiger partial charge in [-0.25, -0.2) is 0 Å². The molecule has 0 heterocycles. The zero-order valence-electron chi connectivity index (χ0n) is 18.5. The smallest absolute Gasteiger partial charge is 0.305 e. The number of benzene rings is 1. The van der Waals surface area contributed by atoms with Gasteiger partial charge in [0.25, 0.3) is 0 Å². The quantitative estimate of drug-likeness (QED) is 0.341. The van der Waals surface area contributed by atoms with Crippen LogP contribution in [0.25, 0.3) is 0 Å². The Kier molecular flexibility index (Phi) is 8.85. The van der Waals surface area contributed by atoms with Gasteiger partial charge in [-0.1, -0.05) is 55.7 Å². The molecule has 2 fully saturated rings. The largest absolute Gasteiger partial charge is 0.469 e. The summed E-state index contributed by atoms with van der Waals surface area (Å²) in [5, 5.41) is 21.3. The van der Waals surface area contributed by atoms with Crippen LogP contribution in [0.3, 0.4) is 0 Å². The molecule has 5 nitrogen and oxygen atoms in total. The lowest BCUT2D eigenvalue weighted by molar-refractivity contribution is -0.140. The van der Waals surface area contributed by atoms with E-state index in [1.54, 1.807) is 0 Å². The fraction of sp³-hybridized carbons (Fsp3) is 0.615. The SMILES string of the molecule is COC(=O)CCCC=CC[C@H]1C(=O)C[C@@H](O)[C@@H]1c1ccc(C(O)C2CCCCC2)cc1. The minimum absolute atomic E-state index is 0.100. The molecule has 4 atom stereocenters. The Morgan fingerprint density at radius 1 is 1.16 bits per heavy atom. The molecular formula is C26H36O5. The molecule has 0 aliphatic heterocycles. The third-order valence-electron chi connectivity index (χ3n) is 6.97. The van der Waals surface area contributed by atoms with E-state index in [1.807, 2.05) is 36.4 Å². The minimum Gasteiger partial charge on any atom is -0.469 e. The van der Waals surface area contributed by atoms with Crippen molar-refractivity contribution in [2.75, 3.05) is 7.11 Å². The number of ketones is 1. The first-order chi connectivity index (χ1) is 15.0. The summed E-state index contributed by atoms with van der Waals surface area (Å²) in [6.45, 7) is 0. The number of hydrogen-bond acceptors (Lipinski definition) is 5. The first kappa shape index (κ1) is 23.7. The number of carbonyl (C=O) groups is 2. The van der Waals surface area contributed by atoms with Crippen LogP contribution in [-0.2, 0) is 14.3 Å². The summed E-state index contributed by atoms with van der Waals surface area (Å²) in [6, 6.07) is 7.87. The van der Waals surface area contributed by atoms with Crippen molar-refractivity contribution in [3.8, 4) is 0 Å². The Labute approximate surface area is 185 Å². The highest BCUT2D eigenvalue weighted by atomic mass is 16.5. The number of allylic oxidation sites excluding steroid dienone is 2. The third kappa shape index (κ3) is 6.27. The van der Waals surface area contributed by atoms with Gasteiger partial charge in [0.2, 0.25) is 0 Å². The number of hydrogen-bond donors (Lipinski definition) is 2. The number of rotatable bonds is 9. The van der Waals surface area contributed by atoms with Crippen LogP contribution in [0.5, 0.6) is 0 Å². The van der Waals surface area contributed by atoms with Crippen LogP contribution in [0.4, 0.5) is 0 Å². The maximum absolute atomic E-state index is 12.5. The Bertz CT molecular complexity index is 748. The van der Waals surface area contributed by atoms with Crippen molar-refractivity contribution in [2.24, 2.45) is 11.8 Å². The second kappa shape index (κ2) is 11.6. The lowest BCUT2D eigenvalue weighted by atomic mass is 9.81. The van der Waals surface area contributed by atoms with Gasteiger partial charge >= 0.3 is 5.97 Å². The molecule has 1 unspecified atom stereocenters. The van der Waals surface area contributed by atoms with E-state index in [9.17, 15) is 19.8 Å². The van der Waals surface area contributed by atoms with E-state index in [0.717, 1.165) is 36.8 Å². The molecule has 2 saturated carbocycles. The average molecular weight is 429 g/mol. The number of aliphatic hydroxyl groups is 2. The highest BCUT2D eigenvalue weighted by Gasteiger charge is 2.41. The summed E-state index contributed by atoms with van der Waals surface area (Å²) < 4.78 is 4.63. The predicted molar refractivity (Wildman–Crippen MR) is 119 cm³/mol. The highest BCUT2D eigenvalue weighted by Crippen LogP contribution is 2.41. The molecule has 0 spiro atoms. The van der Waals surface area contributed by atoms with E-state index in [1.165, 1.54) is 26.4 Å². The Balaban J connectivity index is 1.59. The van der Waals surface area contributed by atoms with Gasteiger partial charge in [0.1, 0.15) is 5.78 Å². The fourth-order valence-corrected chi connectivity index (χ4v) is 5.15. The van der Waals surface area contributed by atoms with Crippen molar-refractivity contribution in [3.05, 3.63) is 47.5 Å². The standard InChI is InChI=1S/C26H36O5/c1-31-24(29)12-8-3-2-7-11-21-22(27)17-23(28)25(21)18-13-15-20(16-14-18)26(30)19-9-5-4-6-10-19/h2,7,13-16,19,21,23,25-26,28,30H,3-6,8-12,17H2,1H3/t21-,23+,25+,26?/m0/s1. The maximum atomic E-state index is 12.5. The van der Waals surface area contributed by atoms with E-state index in [4.69, 9.17) is 0 Å². The van der Waals surface area contributed by atoms with Crippen molar-refractivity contribution in [3.63, 3.8) is 0 Å². The molecule has 2 aliphatic carbocycles. The lowest BCUT2D eigenvalue weighted by Crippen LogP contribution is -2.19. The van der Waals surface area contributed by atoms with Crippen molar-refractivity contribution in [2.45, 2.75) is 82.3 Å². The number of unbranched alkanes of at least 4 members (excludes halogenated alkanes) is 1. The van der Waals surface area contributed by atoms with Gasteiger partial charge in [0.15, 0.2) is 0 Å². The van der Waals surface area contributed by atoms with Crippen molar-refractivity contribution < 1.29 is 24.5 Å². The molecule has 170 valence electrons. The molecule has 0 radical (unpaired) electrons.